The summed E-state index contributed by atoms with van der Waals surface area (Å²) >= 11 is 0. The van der Waals surface area contributed by atoms with Crippen LogP contribution in [0, 0.1) is 31.1 Å². The molecule has 1 aliphatic heterocycles. The molecule has 1 aliphatic carbocycles. The molecule has 0 N–H and O–H groups in total. The van der Waals surface area contributed by atoms with Crippen molar-refractivity contribution in [2.75, 3.05) is 6.61 Å². The number of benzene rings is 1. The maximum Gasteiger partial charge on any atom is 0.192 e. The lowest BCUT2D eigenvalue weighted by Gasteiger charge is -2.10. The molecule has 0 amide bonds. The van der Waals surface area contributed by atoms with Crippen molar-refractivity contribution in [1.29, 1.82) is 0 Å². The summed E-state index contributed by atoms with van der Waals surface area (Å²) in [6, 6.07) is 10.0. The van der Waals surface area contributed by atoms with Crippen LogP contribution in [0.4, 0.5) is 0 Å². The Hall–Kier alpha value is -1.64. The van der Waals surface area contributed by atoms with E-state index in [9.17, 15) is 4.79 Å². The average molecular weight is 238 g/mol. The van der Waals surface area contributed by atoms with Gasteiger partial charge in [-0.1, -0.05) is 30.3 Å². The van der Waals surface area contributed by atoms with Gasteiger partial charge in [-0.3, -0.25) is 0 Å². The molecule has 1 atom stereocenters. The van der Waals surface area contributed by atoms with Crippen LogP contribution in [0.15, 0.2) is 35.3 Å². The minimum absolute atomic E-state index is 0.0237. The number of hydrogen-bond donors (Lipinski definition) is 0. The molecule has 0 saturated heterocycles. The Kier molecular flexibility index (Phi) is 3.13. The lowest BCUT2D eigenvalue weighted by molar-refractivity contribution is -0.105. The molecule has 3 rings (SSSR count). The Morgan fingerprint density at radius 3 is 2.83 bits per heavy atom. The van der Waals surface area contributed by atoms with Gasteiger partial charge in [0.1, 0.15) is 18.9 Å². The van der Waals surface area contributed by atoms with Crippen LogP contribution in [-0.2, 0) is 9.53 Å². The molecular weight excluding hydrogens is 226 g/mol. The van der Waals surface area contributed by atoms with E-state index in [2.05, 4.69) is 4.99 Å². The molecule has 1 unspecified atom stereocenters. The molecule has 1 fully saturated rings. The highest BCUT2D eigenvalue weighted by Crippen LogP contribution is 2.36. The summed E-state index contributed by atoms with van der Waals surface area (Å²) in [5, 5.41) is 0. The number of ether oxygens (including phenoxy) is 1. The van der Waals surface area contributed by atoms with Gasteiger partial charge >= 0.3 is 0 Å². The zero-order valence-corrected chi connectivity index (χ0v) is 9.74. The number of hydrogen-bond acceptors (Lipinski definition) is 3. The number of aliphatic imine (C=N–C) groups is 1. The van der Waals surface area contributed by atoms with Crippen molar-refractivity contribution in [3.05, 3.63) is 67.0 Å². The number of carbonyl (C=O) groups excluding carboxylic acids is 1. The molecule has 89 valence electrons. The van der Waals surface area contributed by atoms with Gasteiger partial charge in [0.25, 0.3) is 0 Å². The van der Waals surface area contributed by atoms with Crippen LogP contribution in [-0.4, -0.2) is 18.8 Å². The first-order valence-corrected chi connectivity index (χ1v) is 5.85. The quantitative estimate of drug-likeness (QED) is 0.757. The molecule has 1 saturated carbocycles. The van der Waals surface area contributed by atoms with E-state index in [-0.39, 0.29) is 6.04 Å². The first kappa shape index (κ1) is 11.5. The van der Waals surface area contributed by atoms with Crippen molar-refractivity contribution in [2.45, 2.75) is 6.04 Å². The van der Waals surface area contributed by atoms with Gasteiger partial charge in [-0.05, 0) is 24.8 Å². The average Bonchev–Trinajstić information content (AvgIpc) is 3.08. The molecule has 0 bridgehead atoms. The summed E-state index contributed by atoms with van der Waals surface area (Å²) in [6.07, 6.45) is 6.29. The predicted molar refractivity (Wildman–Crippen MR) is 68.0 cm³/mol. The molecule has 1 heterocycles. The third kappa shape index (κ3) is 2.05. The zero-order valence-electron chi connectivity index (χ0n) is 9.74. The second kappa shape index (κ2) is 4.92. The van der Waals surface area contributed by atoms with E-state index < -0.39 is 0 Å². The Morgan fingerprint density at radius 2 is 2.06 bits per heavy atom. The van der Waals surface area contributed by atoms with Crippen LogP contribution in [0.25, 0.3) is 0 Å². The van der Waals surface area contributed by atoms with Crippen LogP contribution in [0.2, 0.25) is 0 Å². The van der Waals surface area contributed by atoms with Gasteiger partial charge < -0.3 is 9.53 Å². The van der Waals surface area contributed by atoms with Crippen molar-refractivity contribution < 1.29 is 9.53 Å². The Morgan fingerprint density at radius 1 is 1.22 bits per heavy atom. The molecular formula is C15H12NO2. The minimum atomic E-state index is 0.0237. The first-order valence-electron chi connectivity index (χ1n) is 5.85. The molecule has 18 heavy (non-hydrogen) atoms. The monoisotopic (exact) mass is 238 g/mol. The lowest BCUT2D eigenvalue weighted by Crippen LogP contribution is -2.16. The summed E-state index contributed by atoms with van der Waals surface area (Å²) in [5.74, 6) is 1.97. The van der Waals surface area contributed by atoms with Gasteiger partial charge in [0, 0.05) is 0 Å². The van der Waals surface area contributed by atoms with Crippen LogP contribution < -0.4 is 0 Å². The van der Waals surface area contributed by atoms with Gasteiger partial charge in [-0.15, -0.1) is 0 Å². The second-order valence-corrected chi connectivity index (χ2v) is 4.18. The van der Waals surface area contributed by atoms with E-state index in [0.29, 0.717) is 18.4 Å². The fourth-order valence-electron chi connectivity index (χ4n) is 2.10. The Labute approximate surface area is 107 Å². The smallest absolute Gasteiger partial charge is 0.192 e. The van der Waals surface area contributed by atoms with Gasteiger partial charge in [-0.25, -0.2) is 4.99 Å². The van der Waals surface area contributed by atoms with Crippen LogP contribution in [0.1, 0.15) is 11.6 Å². The molecule has 5 radical (unpaired) electrons. The molecule has 3 heteroatoms. The van der Waals surface area contributed by atoms with Crippen LogP contribution in [0.5, 0.6) is 0 Å². The molecule has 0 aromatic heterocycles. The lowest BCUT2D eigenvalue weighted by atomic mass is 9.97. The summed E-state index contributed by atoms with van der Waals surface area (Å²) < 4.78 is 5.60. The SMILES string of the molecule is O=C[C]1[CH][CH][CH][C]1C1=NC(c2ccccc2)CO1. The highest BCUT2D eigenvalue weighted by Gasteiger charge is 2.37. The third-order valence-electron chi connectivity index (χ3n) is 3.04. The fourth-order valence-corrected chi connectivity index (χ4v) is 2.10. The van der Waals surface area contributed by atoms with Crippen molar-refractivity contribution >= 4 is 12.2 Å². The largest absolute Gasteiger partial charge is 0.478 e. The van der Waals surface area contributed by atoms with Gasteiger partial charge in [0.2, 0.25) is 0 Å². The molecule has 3 nitrogen and oxygen atoms in total. The van der Waals surface area contributed by atoms with Crippen molar-refractivity contribution in [3.63, 3.8) is 0 Å². The Balaban J connectivity index is 1.77. The van der Waals surface area contributed by atoms with Crippen molar-refractivity contribution in [3.8, 4) is 0 Å². The highest BCUT2D eigenvalue weighted by atomic mass is 16.5. The summed E-state index contributed by atoms with van der Waals surface area (Å²) in [5.41, 5.74) is 1.13. The first-order chi connectivity index (χ1) is 8.88. The second-order valence-electron chi connectivity index (χ2n) is 4.18. The van der Waals surface area contributed by atoms with Crippen molar-refractivity contribution in [1.82, 2.24) is 0 Å². The summed E-state index contributed by atoms with van der Waals surface area (Å²) in [6.45, 7) is 0.531. The number of rotatable bonds is 3. The summed E-state index contributed by atoms with van der Waals surface area (Å²) in [7, 11) is 0. The highest BCUT2D eigenvalue weighted by molar-refractivity contribution is 6.05. The van der Waals surface area contributed by atoms with Crippen LogP contribution >= 0.6 is 0 Å². The van der Waals surface area contributed by atoms with Gasteiger partial charge in [-0.2, -0.15) is 0 Å². The van der Waals surface area contributed by atoms with E-state index in [1.54, 1.807) is 6.42 Å². The standard InChI is InChI=1S/C15H12NO2/c17-9-12-7-4-8-13(12)15-16-14(10-18-15)11-5-2-1-3-6-11/h1-9,14H,10H2. The van der Waals surface area contributed by atoms with E-state index in [4.69, 9.17) is 4.74 Å². The molecule has 2 aliphatic rings. The molecule has 1 aromatic rings. The maximum atomic E-state index is 10.9. The Bertz CT molecular complexity index is 455. The zero-order chi connectivity index (χ0) is 12.4. The van der Waals surface area contributed by atoms with Crippen LogP contribution in [0.3, 0.4) is 0 Å². The predicted octanol–water partition coefficient (Wildman–Crippen LogP) is 2.13. The van der Waals surface area contributed by atoms with E-state index in [1.807, 2.05) is 43.2 Å². The molecule has 0 spiro atoms. The number of nitrogens with zero attached hydrogens (tertiary/aromatic N) is 1. The number of aldehydes is 1. The summed E-state index contributed by atoms with van der Waals surface area (Å²) in [4.78, 5) is 15.4. The molecule has 1 aromatic carbocycles. The number of carbonyl (C=O) groups is 1. The van der Waals surface area contributed by atoms with E-state index in [0.717, 1.165) is 17.8 Å². The normalized spacial score (nSPS) is 24.9. The van der Waals surface area contributed by atoms with Crippen molar-refractivity contribution in [2.24, 2.45) is 4.99 Å². The van der Waals surface area contributed by atoms with E-state index in [1.165, 1.54) is 0 Å². The third-order valence-corrected chi connectivity index (χ3v) is 3.04. The van der Waals surface area contributed by atoms with Gasteiger partial charge in [0.15, 0.2) is 5.90 Å². The fraction of sp³-hybridized carbons (Fsp3) is 0.133. The topological polar surface area (TPSA) is 38.7 Å². The maximum absolute atomic E-state index is 10.9. The van der Waals surface area contributed by atoms with Gasteiger partial charge in [0.05, 0.1) is 11.8 Å². The minimum Gasteiger partial charge on any atom is -0.478 e. The van der Waals surface area contributed by atoms with E-state index >= 15 is 0 Å².